The van der Waals surface area contributed by atoms with Gasteiger partial charge < -0.3 is 11.5 Å². The van der Waals surface area contributed by atoms with Gasteiger partial charge in [0, 0.05) is 0 Å². The minimum atomic E-state index is -0.107. The molecular weight excluding hydrogens is 280 g/mol. The molecule has 0 saturated carbocycles. The fourth-order valence-corrected chi connectivity index (χ4v) is 2.98. The van der Waals surface area contributed by atoms with Crippen LogP contribution >= 0.6 is 0 Å². The van der Waals surface area contributed by atoms with E-state index in [9.17, 15) is 0 Å². The summed E-state index contributed by atoms with van der Waals surface area (Å²) in [6, 6.07) is 0. The number of nitrogens with two attached hydrogens (primary N) is 2. The standard InChI is InChI=1S/C21H44N2/c1-2-3-4-5-6-7-8-9-10-11-12-13-14-15-16-17-18-19-20-21(22)23/h9-10,21H,2-8,11-20,22-23H2,1H3. The lowest BCUT2D eigenvalue weighted by molar-refractivity contribution is 0.531. The molecule has 0 amide bonds. The zero-order chi connectivity index (χ0) is 17.0. The van der Waals surface area contributed by atoms with Crippen molar-refractivity contribution in [1.29, 1.82) is 0 Å². The van der Waals surface area contributed by atoms with E-state index in [2.05, 4.69) is 19.1 Å². The Hall–Kier alpha value is -0.340. The van der Waals surface area contributed by atoms with Crippen molar-refractivity contribution in [3.63, 3.8) is 0 Å². The average Bonchev–Trinajstić information content (AvgIpc) is 2.53. The molecule has 138 valence electrons. The first-order valence-electron chi connectivity index (χ1n) is 10.4. The van der Waals surface area contributed by atoms with E-state index in [0.717, 1.165) is 6.42 Å². The van der Waals surface area contributed by atoms with Crippen LogP contribution < -0.4 is 11.5 Å². The van der Waals surface area contributed by atoms with E-state index >= 15 is 0 Å². The highest BCUT2D eigenvalue weighted by Gasteiger charge is 1.95. The van der Waals surface area contributed by atoms with Crippen LogP contribution in [0.3, 0.4) is 0 Å². The molecule has 4 N–H and O–H groups in total. The summed E-state index contributed by atoms with van der Waals surface area (Å²) in [6.45, 7) is 2.28. The van der Waals surface area contributed by atoms with Crippen molar-refractivity contribution >= 4 is 0 Å². The zero-order valence-corrected chi connectivity index (χ0v) is 15.9. The van der Waals surface area contributed by atoms with Crippen LogP contribution in [0.4, 0.5) is 0 Å². The third-order valence-electron chi connectivity index (χ3n) is 4.55. The van der Waals surface area contributed by atoms with Gasteiger partial charge in [0.25, 0.3) is 0 Å². The molecule has 2 heteroatoms. The molecule has 0 atom stereocenters. The van der Waals surface area contributed by atoms with Gasteiger partial charge in [-0.2, -0.15) is 0 Å². The van der Waals surface area contributed by atoms with Gasteiger partial charge in [0.2, 0.25) is 0 Å². The second kappa shape index (κ2) is 19.7. The molecule has 0 unspecified atom stereocenters. The first kappa shape index (κ1) is 22.7. The summed E-state index contributed by atoms with van der Waals surface area (Å²) in [5, 5.41) is 0. The smallest absolute Gasteiger partial charge is 0.0520 e. The molecule has 0 saturated heterocycles. The van der Waals surface area contributed by atoms with Gasteiger partial charge in [-0.3, -0.25) is 0 Å². The van der Waals surface area contributed by atoms with Crippen molar-refractivity contribution in [1.82, 2.24) is 0 Å². The molecule has 0 rings (SSSR count). The van der Waals surface area contributed by atoms with Crippen LogP contribution in [0.15, 0.2) is 12.2 Å². The Morgan fingerprint density at radius 1 is 0.565 bits per heavy atom. The summed E-state index contributed by atoms with van der Waals surface area (Å²) in [5.41, 5.74) is 11.1. The van der Waals surface area contributed by atoms with Crippen LogP contribution in [-0.2, 0) is 0 Å². The molecule has 0 bridgehead atoms. The third kappa shape index (κ3) is 21.7. The van der Waals surface area contributed by atoms with E-state index in [1.165, 1.54) is 103 Å². The van der Waals surface area contributed by atoms with E-state index < -0.39 is 0 Å². The minimum absolute atomic E-state index is 0.107. The van der Waals surface area contributed by atoms with Crippen LogP contribution in [0.25, 0.3) is 0 Å². The van der Waals surface area contributed by atoms with Gasteiger partial charge in [0.15, 0.2) is 0 Å². The normalized spacial score (nSPS) is 11.8. The minimum Gasteiger partial charge on any atom is -0.316 e. The molecule has 0 aromatic carbocycles. The van der Waals surface area contributed by atoms with Gasteiger partial charge in [0.05, 0.1) is 6.17 Å². The van der Waals surface area contributed by atoms with Crippen LogP contribution in [0.5, 0.6) is 0 Å². The number of unbranched alkanes of at least 4 members (excludes halogenated alkanes) is 14. The van der Waals surface area contributed by atoms with Gasteiger partial charge in [-0.1, -0.05) is 96.1 Å². The quantitative estimate of drug-likeness (QED) is 0.173. The second-order valence-corrected chi connectivity index (χ2v) is 7.10. The SMILES string of the molecule is CCCCCCCCC=CCCCCCCCCCCC(N)N. The topological polar surface area (TPSA) is 52.0 Å². The van der Waals surface area contributed by atoms with Crippen molar-refractivity contribution < 1.29 is 0 Å². The molecule has 0 aliphatic rings. The van der Waals surface area contributed by atoms with E-state index in [1.807, 2.05) is 0 Å². The molecule has 0 aromatic heterocycles. The lowest BCUT2D eigenvalue weighted by Crippen LogP contribution is -2.29. The molecule has 0 fully saturated rings. The summed E-state index contributed by atoms with van der Waals surface area (Å²) in [5.74, 6) is 0. The fourth-order valence-electron chi connectivity index (χ4n) is 2.98. The number of rotatable bonds is 18. The summed E-state index contributed by atoms with van der Waals surface area (Å²) in [7, 11) is 0. The maximum absolute atomic E-state index is 5.54. The number of hydrogen-bond acceptors (Lipinski definition) is 2. The molecule has 0 aromatic rings. The molecule has 0 heterocycles. The van der Waals surface area contributed by atoms with Crippen molar-refractivity contribution in [3.8, 4) is 0 Å². The van der Waals surface area contributed by atoms with Crippen LogP contribution in [0.1, 0.15) is 116 Å². The van der Waals surface area contributed by atoms with Crippen molar-refractivity contribution in [3.05, 3.63) is 12.2 Å². The predicted molar refractivity (Wildman–Crippen MR) is 105 cm³/mol. The first-order valence-corrected chi connectivity index (χ1v) is 10.4. The van der Waals surface area contributed by atoms with E-state index in [1.54, 1.807) is 0 Å². The zero-order valence-electron chi connectivity index (χ0n) is 15.9. The average molecular weight is 325 g/mol. The van der Waals surface area contributed by atoms with Gasteiger partial charge in [-0.15, -0.1) is 0 Å². The Bertz CT molecular complexity index is 236. The van der Waals surface area contributed by atoms with Crippen LogP contribution in [0.2, 0.25) is 0 Å². The summed E-state index contributed by atoms with van der Waals surface area (Å²) in [6.07, 6.45) is 27.5. The van der Waals surface area contributed by atoms with Crippen LogP contribution in [-0.4, -0.2) is 6.17 Å². The predicted octanol–water partition coefficient (Wildman–Crippen LogP) is 6.44. The first-order chi connectivity index (χ1) is 11.3. The third-order valence-corrected chi connectivity index (χ3v) is 4.55. The monoisotopic (exact) mass is 324 g/mol. The Balaban J connectivity index is 3.05. The highest BCUT2D eigenvalue weighted by molar-refractivity contribution is 4.81. The maximum atomic E-state index is 5.54. The summed E-state index contributed by atoms with van der Waals surface area (Å²) >= 11 is 0. The molecular formula is C21H44N2. The van der Waals surface area contributed by atoms with Gasteiger partial charge in [-0.05, 0) is 32.1 Å². The lowest BCUT2D eigenvalue weighted by atomic mass is 10.1. The Kier molecular flexibility index (Phi) is 19.4. The van der Waals surface area contributed by atoms with Gasteiger partial charge >= 0.3 is 0 Å². The molecule has 23 heavy (non-hydrogen) atoms. The molecule has 0 radical (unpaired) electrons. The summed E-state index contributed by atoms with van der Waals surface area (Å²) < 4.78 is 0. The lowest BCUT2D eigenvalue weighted by Gasteiger charge is -2.04. The van der Waals surface area contributed by atoms with Crippen molar-refractivity contribution in [2.75, 3.05) is 0 Å². The number of allylic oxidation sites excluding steroid dienone is 2. The van der Waals surface area contributed by atoms with Crippen molar-refractivity contribution in [2.45, 2.75) is 122 Å². The molecule has 2 nitrogen and oxygen atoms in total. The number of hydrogen-bond donors (Lipinski definition) is 2. The van der Waals surface area contributed by atoms with E-state index in [4.69, 9.17) is 11.5 Å². The summed E-state index contributed by atoms with van der Waals surface area (Å²) in [4.78, 5) is 0. The molecule has 0 aliphatic heterocycles. The molecule has 0 aliphatic carbocycles. The Morgan fingerprint density at radius 3 is 1.39 bits per heavy atom. The van der Waals surface area contributed by atoms with Gasteiger partial charge in [-0.25, -0.2) is 0 Å². The van der Waals surface area contributed by atoms with E-state index in [0.29, 0.717) is 0 Å². The second-order valence-electron chi connectivity index (χ2n) is 7.10. The maximum Gasteiger partial charge on any atom is 0.0520 e. The highest BCUT2D eigenvalue weighted by Crippen LogP contribution is 2.11. The Morgan fingerprint density at radius 2 is 0.957 bits per heavy atom. The van der Waals surface area contributed by atoms with Crippen molar-refractivity contribution in [2.24, 2.45) is 11.5 Å². The van der Waals surface area contributed by atoms with E-state index in [-0.39, 0.29) is 6.17 Å². The fraction of sp³-hybridized carbons (Fsp3) is 0.905. The highest BCUT2D eigenvalue weighted by atomic mass is 14.8. The van der Waals surface area contributed by atoms with Crippen LogP contribution in [0, 0.1) is 0 Å². The largest absolute Gasteiger partial charge is 0.316 e. The molecule has 0 spiro atoms. The van der Waals surface area contributed by atoms with Gasteiger partial charge in [0.1, 0.15) is 0 Å². The Labute approximate surface area is 146 Å².